The van der Waals surface area contributed by atoms with Gasteiger partial charge in [-0.3, -0.25) is 0 Å². The van der Waals surface area contributed by atoms with E-state index in [-0.39, 0.29) is 10.5 Å². The molecule has 0 unspecified atom stereocenters. The maximum atomic E-state index is 13.7. The fourth-order valence-corrected chi connectivity index (χ4v) is 2.79. The molecule has 0 spiro atoms. The summed E-state index contributed by atoms with van der Waals surface area (Å²) < 4.78 is 13.7. The predicted molar refractivity (Wildman–Crippen MR) is 74.1 cm³/mol. The minimum absolute atomic E-state index is 0.0117. The van der Waals surface area contributed by atoms with Crippen molar-refractivity contribution >= 4 is 17.7 Å². The van der Waals surface area contributed by atoms with Crippen molar-refractivity contribution in [1.82, 2.24) is 0 Å². The van der Waals surface area contributed by atoms with Gasteiger partial charge in [0, 0.05) is 5.75 Å². The van der Waals surface area contributed by atoms with Crippen LogP contribution < -0.4 is 0 Å². The van der Waals surface area contributed by atoms with Crippen LogP contribution in [0.4, 0.5) is 4.39 Å². The second kappa shape index (κ2) is 5.89. The van der Waals surface area contributed by atoms with Gasteiger partial charge in [0.05, 0.1) is 10.5 Å². The van der Waals surface area contributed by atoms with Gasteiger partial charge >= 0.3 is 5.97 Å². The largest absolute Gasteiger partial charge is 0.478 e. The number of benzene rings is 2. The van der Waals surface area contributed by atoms with Gasteiger partial charge in [-0.15, -0.1) is 11.8 Å². The Hall–Kier alpha value is -1.81. The summed E-state index contributed by atoms with van der Waals surface area (Å²) in [7, 11) is 0. The molecule has 0 bridgehead atoms. The lowest BCUT2D eigenvalue weighted by molar-refractivity contribution is 0.0692. The summed E-state index contributed by atoms with van der Waals surface area (Å²) in [5.74, 6) is -1.05. The molecule has 4 heteroatoms. The monoisotopic (exact) mass is 276 g/mol. The molecule has 98 valence electrons. The van der Waals surface area contributed by atoms with E-state index in [4.69, 9.17) is 5.11 Å². The molecular weight excluding hydrogens is 263 g/mol. The van der Waals surface area contributed by atoms with Crippen molar-refractivity contribution in [3.05, 3.63) is 65.0 Å². The van der Waals surface area contributed by atoms with Crippen LogP contribution in [0.2, 0.25) is 0 Å². The van der Waals surface area contributed by atoms with Crippen LogP contribution in [0.1, 0.15) is 21.5 Å². The lowest BCUT2D eigenvalue weighted by Gasteiger charge is -2.07. The molecule has 2 nitrogen and oxygen atoms in total. The van der Waals surface area contributed by atoms with Crippen molar-refractivity contribution in [3.8, 4) is 0 Å². The number of aryl methyl sites for hydroxylation is 1. The SMILES string of the molecule is Cc1cccc(CSc2c(F)cccc2C(=O)O)c1. The van der Waals surface area contributed by atoms with Crippen LogP contribution >= 0.6 is 11.8 Å². The first-order chi connectivity index (χ1) is 9.08. The summed E-state index contributed by atoms with van der Waals surface area (Å²) in [6, 6.07) is 12.0. The summed E-state index contributed by atoms with van der Waals surface area (Å²) in [5, 5.41) is 9.05. The van der Waals surface area contributed by atoms with Gasteiger partial charge in [0.25, 0.3) is 0 Å². The number of carbonyl (C=O) groups is 1. The number of carboxylic acid groups (broad SMARTS) is 1. The number of rotatable bonds is 4. The van der Waals surface area contributed by atoms with E-state index in [1.54, 1.807) is 0 Å². The molecule has 0 saturated carbocycles. The van der Waals surface area contributed by atoms with Crippen LogP contribution in [0.5, 0.6) is 0 Å². The Bertz CT molecular complexity index is 611. The number of hydrogen-bond acceptors (Lipinski definition) is 2. The van der Waals surface area contributed by atoms with Crippen molar-refractivity contribution in [1.29, 1.82) is 0 Å². The fourth-order valence-electron chi connectivity index (χ4n) is 1.78. The third-order valence-corrected chi connectivity index (χ3v) is 3.84. The zero-order chi connectivity index (χ0) is 13.8. The van der Waals surface area contributed by atoms with Gasteiger partial charge in [-0.2, -0.15) is 0 Å². The molecule has 2 rings (SSSR count). The Labute approximate surface area is 115 Å². The number of hydrogen-bond donors (Lipinski definition) is 1. The summed E-state index contributed by atoms with van der Waals surface area (Å²) >= 11 is 1.21. The molecule has 0 fully saturated rings. The highest BCUT2D eigenvalue weighted by molar-refractivity contribution is 7.98. The maximum Gasteiger partial charge on any atom is 0.336 e. The predicted octanol–water partition coefficient (Wildman–Crippen LogP) is 4.12. The third-order valence-electron chi connectivity index (χ3n) is 2.66. The van der Waals surface area contributed by atoms with E-state index in [9.17, 15) is 9.18 Å². The van der Waals surface area contributed by atoms with Crippen molar-refractivity contribution < 1.29 is 14.3 Å². The third kappa shape index (κ3) is 3.35. The van der Waals surface area contributed by atoms with E-state index in [0.717, 1.165) is 11.1 Å². The van der Waals surface area contributed by atoms with Crippen molar-refractivity contribution in [2.24, 2.45) is 0 Å². The standard InChI is InChI=1S/C15H13FO2S/c1-10-4-2-5-11(8-10)9-19-14-12(15(17)18)6-3-7-13(14)16/h2-8H,9H2,1H3,(H,17,18). The Morgan fingerprint density at radius 3 is 2.68 bits per heavy atom. The highest BCUT2D eigenvalue weighted by Crippen LogP contribution is 2.29. The molecule has 19 heavy (non-hydrogen) atoms. The summed E-state index contributed by atoms with van der Waals surface area (Å²) in [6.07, 6.45) is 0. The van der Waals surface area contributed by atoms with Crippen LogP contribution in [0.3, 0.4) is 0 Å². The van der Waals surface area contributed by atoms with E-state index in [2.05, 4.69) is 0 Å². The van der Waals surface area contributed by atoms with Gasteiger partial charge in [-0.25, -0.2) is 9.18 Å². The summed E-state index contributed by atoms with van der Waals surface area (Å²) in [4.78, 5) is 11.3. The minimum atomic E-state index is -1.11. The van der Waals surface area contributed by atoms with E-state index >= 15 is 0 Å². The molecule has 0 atom stereocenters. The topological polar surface area (TPSA) is 37.3 Å². The molecule has 0 radical (unpaired) electrons. The van der Waals surface area contributed by atoms with E-state index < -0.39 is 11.8 Å². The number of carboxylic acids is 1. The average molecular weight is 276 g/mol. The second-order valence-electron chi connectivity index (χ2n) is 4.20. The zero-order valence-electron chi connectivity index (χ0n) is 10.4. The molecule has 2 aromatic carbocycles. The second-order valence-corrected chi connectivity index (χ2v) is 5.18. The molecular formula is C15H13FO2S. The maximum absolute atomic E-state index is 13.7. The molecule has 0 aliphatic rings. The number of aromatic carboxylic acids is 1. The van der Waals surface area contributed by atoms with Gasteiger partial charge in [0.2, 0.25) is 0 Å². The normalized spacial score (nSPS) is 10.4. The Balaban J connectivity index is 2.22. The van der Waals surface area contributed by atoms with Gasteiger partial charge in [-0.1, -0.05) is 35.9 Å². The first kappa shape index (κ1) is 13.6. The van der Waals surface area contributed by atoms with Gasteiger partial charge in [0.15, 0.2) is 0 Å². The highest BCUT2D eigenvalue weighted by atomic mass is 32.2. The van der Waals surface area contributed by atoms with Crippen LogP contribution in [-0.2, 0) is 5.75 Å². The van der Waals surface area contributed by atoms with Gasteiger partial charge < -0.3 is 5.11 Å². The molecule has 2 aromatic rings. The van der Waals surface area contributed by atoms with Crippen LogP contribution in [0.25, 0.3) is 0 Å². The molecule has 0 heterocycles. The Morgan fingerprint density at radius 2 is 2.00 bits per heavy atom. The Kier molecular flexibility index (Phi) is 4.22. The molecule has 0 aliphatic carbocycles. The lowest BCUT2D eigenvalue weighted by Crippen LogP contribution is -2.00. The average Bonchev–Trinajstić information content (AvgIpc) is 2.37. The van der Waals surface area contributed by atoms with E-state index in [0.29, 0.717) is 5.75 Å². The fraction of sp³-hybridized carbons (Fsp3) is 0.133. The molecule has 1 N–H and O–H groups in total. The van der Waals surface area contributed by atoms with E-state index in [1.165, 1.54) is 30.0 Å². The minimum Gasteiger partial charge on any atom is -0.478 e. The molecule has 0 aliphatic heterocycles. The number of halogens is 1. The summed E-state index contributed by atoms with van der Waals surface area (Å²) in [6.45, 7) is 1.99. The first-order valence-electron chi connectivity index (χ1n) is 5.78. The quantitative estimate of drug-likeness (QED) is 0.853. The van der Waals surface area contributed by atoms with Crippen LogP contribution in [0, 0.1) is 12.7 Å². The van der Waals surface area contributed by atoms with Crippen molar-refractivity contribution in [3.63, 3.8) is 0 Å². The first-order valence-corrected chi connectivity index (χ1v) is 6.76. The van der Waals surface area contributed by atoms with E-state index in [1.807, 2.05) is 31.2 Å². The zero-order valence-corrected chi connectivity index (χ0v) is 11.2. The van der Waals surface area contributed by atoms with Crippen molar-refractivity contribution in [2.75, 3.05) is 0 Å². The smallest absolute Gasteiger partial charge is 0.336 e. The van der Waals surface area contributed by atoms with Crippen LogP contribution in [-0.4, -0.2) is 11.1 Å². The van der Waals surface area contributed by atoms with Crippen LogP contribution in [0.15, 0.2) is 47.4 Å². The van der Waals surface area contributed by atoms with Crippen molar-refractivity contribution in [2.45, 2.75) is 17.6 Å². The summed E-state index contributed by atoms with van der Waals surface area (Å²) in [5.41, 5.74) is 2.19. The Morgan fingerprint density at radius 1 is 1.26 bits per heavy atom. The van der Waals surface area contributed by atoms with Gasteiger partial charge in [0.1, 0.15) is 5.82 Å². The molecule has 0 aromatic heterocycles. The van der Waals surface area contributed by atoms with Gasteiger partial charge in [-0.05, 0) is 24.6 Å². The number of thioether (sulfide) groups is 1. The highest BCUT2D eigenvalue weighted by Gasteiger charge is 2.14. The lowest BCUT2D eigenvalue weighted by atomic mass is 10.2. The molecule has 0 amide bonds. The molecule has 0 saturated heterocycles.